The Bertz CT molecular complexity index is 412. The molecule has 2 rings (SSSR count). The predicted molar refractivity (Wildman–Crippen MR) is 50.8 cm³/mol. The van der Waals surface area contributed by atoms with Crippen molar-refractivity contribution in [2.24, 2.45) is 0 Å². The van der Waals surface area contributed by atoms with Crippen LogP contribution in [0.3, 0.4) is 0 Å². The van der Waals surface area contributed by atoms with Crippen LogP contribution < -0.4 is 10.5 Å². The number of hydrogen-bond acceptors (Lipinski definition) is 3. The Morgan fingerprint density at radius 1 is 1.20 bits per heavy atom. The fraction of sp³-hybridized carbons (Fsp3) is 0.556. The highest BCUT2D eigenvalue weighted by Crippen LogP contribution is 2.22. The van der Waals surface area contributed by atoms with E-state index in [4.69, 9.17) is 0 Å². The van der Waals surface area contributed by atoms with Crippen LogP contribution in [-0.2, 0) is 0 Å². The molecule has 0 radical (unpaired) electrons. The van der Waals surface area contributed by atoms with Crippen molar-refractivity contribution in [1.29, 1.82) is 0 Å². The third kappa shape index (κ3) is 1.84. The van der Waals surface area contributed by atoms with Crippen molar-refractivity contribution < 1.29 is 8.78 Å². The molecule has 0 spiro atoms. The summed E-state index contributed by atoms with van der Waals surface area (Å²) in [6.07, 6.45) is 2.81. The molecule has 2 heterocycles. The van der Waals surface area contributed by atoms with Crippen LogP contribution in [0.15, 0.2) is 4.79 Å². The van der Waals surface area contributed by atoms with Crippen molar-refractivity contribution in [2.75, 3.05) is 18.0 Å². The lowest BCUT2D eigenvalue weighted by molar-refractivity contribution is 0.493. The molecule has 1 aromatic rings. The largest absolute Gasteiger partial charge is 0.365 e. The van der Waals surface area contributed by atoms with Gasteiger partial charge in [0.1, 0.15) is 5.69 Å². The van der Waals surface area contributed by atoms with Gasteiger partial charge in [-0.05, 0) is 19.3 Å². The first kappa shape index (κ1) is 10.1. The Hall–Kier alpha value is -1.46. The molecular weight excluding hydrogens is 204 g/mol. The van der Waals surface area contributed by atoms with E-state index in [9.17, 15) is 13.6 Å². The number of rotatable bonds is 1. The summed E-state index contributed by atoms with van der Waals surface area (Å²) in [5, 5.41) is 4.89. The SMILES string of the molecule is O=c1[nH]nc(F)c(N2CCCCC2)c1F. The molecule has 1 saturated heterocycles. The van der Waals surface area contributed by atoms with Gasteiger partial charge in [0, 0.05) is 13.1 Å². The number of halogens is 2. The van der Waals surface area contributed by atoms with Gasteiger partial charge in [-0.25, -0.2) is 5.10 Å². The Morgan fingerprint density at radius 3 is 2.53 bits per heavy atom. The summed E-state index contributed by atoms with van der Waals surface area (Å²) in [7, 11) is 0. The average Bonchev–Trinajstić information content (AvgIpc) is 2.26. The van der Waals surface area contributed by atoms with Gasteiger partial charge in [-0.1, -0.05) is 0 Å². The van der Waals surface area contributed by atoms with Gasteiger partial charge in [0.2, 0.25) is 5.82 Å². The lowest BCUT2D eigenvalue weighted by Crippen LogP contribution is -2.33. The fourth-order valence-electron chi connectivity index (χ4n) is 1.79. The van der Waals surface area contributed by atoms with E-state index in [1.807, 2.05) is 0 Å². The topological polar surface area (TPSA) is 49.0 Å². The maximum Gasteiger partial charge on any atom is 0.302 e. The summed E-state index contributed by atoms with van der Waals surface area (Å²) in [5.74, 6) is -2.03. The zero-order valence-corrected chi connectivity index (χ0v) is 8.09. The summed E-state index contributed by atoms with van der Waals surface area (Å²) < 4.78 is 26.6. The van der Waals surface area contributed by atoms with E-state index < -0.39 is 17.3 Å². The molecule has 1 N–H and O–H groups in total. The summed E-state index contributed by atoms with van der Waals surface area (Å²) in [6, 6.07) is 0. The summed E-state index contributed by atoms with van der Waals surface area (Å²) in [5.41, 5.74) is -1.27. The Labute approximate surface area is 84.9 Å². The van der Waals surface area contributed by atoms with Gasteiger partial charge in [-0.15, -0.1) is 5.10 Å². The zero-order chi connectivity index (χ0) is 10.8. The van der Waals surface area contributed by atoms with Crippen LogP contribution in [0.5, 0.6) is 0 Å². The standard InChI is InChI=1S/C9H11F2N3O/c10-6-7(8(11)12-13-9(6)15)14-4-2-1-3-5-14/h1-5H2,(H,13,15). The maximum atomic E-state index is 13.4. The highest BCUT2D eigenvalue weighted by Gasteiger charge is 2.22. The van der Waals surface area contributed by atoms with Crippen LogP contribution >= 0.6 is 0 Å². The van der Waals surface area contributed by atoms with E-state index in [-0.39, 0.29) is 5.69 Å². The van der Waals surface area contributed by atoms with Crippen molar-refractivity contribution in [2.45, 2.75) is 19.3 Å². The Kier molecular flexibility index (Phi) is 2.66. The molecule has 6 heteroatoms. The lowest BCUT2D eigenvalue weighted by Gasteiger charge is -2.28. The molecule has 1 fully saturated rings. The van der Waals surface area contributed by atoms with E-state index in [0.29, 0.717) is 13.1 Å². The van der Waals surface area contributed by atoms with Crippen LogP contribution in [0.4, 0.5) is 14.5 Å². The van der Waals surface area contributed by atoms with Gasteiger partial charge in [-0.2, -0.15) is 8.78 Å². The highest BCUT2D eigenvalue weighted by atomic mass is 19.1. The normalized spacial score (nSPS) is 16.8. The number of nitrogens with one attached hydrogen (secondary N) is 1. The molecule has 0 aromatic carbocycles. The third-order valence-corrected chi connectivity index (χ3v) is 2.53. The van der Waals surface area contributed by atoms with E-state index >= 15 is 0 Å². The minimum absolute atomic E-state index is 0.293. The van der Waals surface area contributed by atoms with Crippen LogP contribution in [-0.4, -0.2) is 23.3 Å². The van der Waals surface area contributed by atoms with E-state index in [2.05, 4.69) is 5.10 Å². The van der Waals surface area contributed by atoms with Gasteiger partial charge in [-0.3, -0.25) is 4.79 Å². The smallest absolute Gasteiger partial charge is 0.302 e. The maximum absolute atomic E-state index is 13.4. The molecule has 0 aliphatic carbocycles. The van der Waals surface area contributed by atoms with Crippen LogP contribution in [0.25, 0.3) is 0 Å². The number of aromatic nitrogens is 2. The predicted octanol–water partition coefficient (Wildman–Crippen LogP) is 1.04. The number of anilines is 1. The molecule has 1 aliphatic rings. The van der Waals surface area contributed by atoms with Crippen LogP contribution in [0.1, 0.15) is 19.3 Å². The highest BCUT2D eigenvalue weighted by molar-refractivity contribution is 5.45. The first-order chi connectivity index (χ1) is 7.20. The second-order valence-corrected chi connectivity index (χ2v) is 3.55. The molecule has 0 unspecified atom stereocenters. The first-order valence-electron chi connectivity index (χ1n) is 4.89. The van der Waals surface area contributed by atoms with Gasteiger partial charge < -0.3 is 4.90 Å². The number of hydrogen-bond donors (Lipinski definition) is 1. The quantitative estimate of drug-likeness (QED) is 0.761. The van der Waals surface area contributed by atoms with Crippen molar-refractivity contribution in [3.63, 3.8) is 0 Å². The molecule has 1 aliphatic heterocycles. The molecule has 15 heavy (non-hydrogen) atoms. The van der Waals surface area contributed by atoms with Crippen LogP contribution in [0, 0.1) is 11.8 Å². The molecule has 0 amide bonds. The molecule has 1 aromatic heterocycles. The third-order valence-electron chi connectivity index (χ3n) is 2.53. The molecule has 0 atom stereocenters. The minimum atomic E-state index is -1.08. The molecular formula is C9H11F2N3O. The molecule has 0 saturated carbocycles. The van der Waals surface area contributed by atoms with E-state index in [0.717, 1.165) is 19.3 Å². The Morgan fingerprint density at radius 2 is 1.87 bits per heavy atom. The van der Waals surface area contributed by atoms with Gasteiger partial charge in [0.25, 0.3) is 5.95 Å². The van der Waals surface area contributed by atoms with Gasteiger partial charge in [0.05, 0.1) is 0 Å². The van der Waals surface area contributed by atoms with Crippen molar-refractivity contribution in [3.8, 4) is 0 Å². The monoisotopic (exact) mass is 215 g/mol. The van der Waals surface area contributed by atoms with Gasteiger partial charge in [0.15, 0.2) is 0 Å². The van der Waals surface area contributed by atoms with E-state index in [1.54, 1.807) is 5.10 Å². The van der Waals surface area contributed by atoms with Crippen molar-refractivity contribution in [1.82, 2.24) is 10.2 Å². The number of nitrogens with zero attached hydrogens (tertiary/aromatic N) is 2. The lowest BCUT2D eigenvalue weighted by atomic mass is 10.1. The zero-order valence-electron chi connectivity index (χ0n) is 8.09. The first-order valence-corrected chi connectivity index (χ1v) is 4.89. The molecule has 4 nitrogen and oxygen atoms in total. The Balaban J connectivity index is 2.41. The molecule has 82 valence electrons. The fourth-order valence-corrected chi connectivity index (χ4v) is 1.79. The number of piperidine rings is 1. The number of aromatic amines is 1. The summed E-state index contributed by atoms with van der Waals surface area (Å²) in [4.78, 5) is 12.5. The summed E-state index contributed by atoms with van der Waals surface area (Å²) >= 11 is 0. The van der Waals surface area contributed by atoms with E-state index in [1.165, 1.54) is 4.90 Å². The van der Waals surface area contributed by atoms with Crippen LogP contribution in [0.2, 0.25) is 0 Å². The number of H-pyrrole nitrogens is 1. The molecule has 0 bridgehead atoms. The second kappa shape index (κ2) is 3.96. The average molecular weight is 215 g/mol. The van der Waals surface area contributed by atoms with Gasteiger partial charge >= 0.3 is 5.56 Å². The van der Waals surface area contributed by atoms with Crippen molar-refractivity contribution >= 4 is 5.69 Å². The summed E-state index contributed by atoms with van der Waals surface area (Å²) in [6.45, 7) is 1.14. The second-order valence-electron chi connectivity index (χ2n) is 3.55. The minimum Gasteiger partial charge on any atom is -0.365 e. The van der Waals surface area contributed by atoms with Crippen molar-refractivity contribution in [3.05, 3.63) is 22.1 Å².